The summed E-state index contributed by atoms with van der Waals surface area (Å²) in [4.78, 5) is 23.3. The summed E-state index contributed by atoms with van der Waals surface area (Å²) in [6, 6.07) is -0.411. The second-order valence-electron chi connectivity index (χ2n) is 4.64. The lowest BCUT2D eigenvalue weighted by molar-refractivity contribution is -0.158. The average molecular weight is 256 g/mol. The number of ether oxygens (including phenoxy) is 2. The molecular weight excluding hydrogens is 236 g/mol. The number of nitrogens with one attached hydrogen (secondary N) is 2. The molecule has 1 amide bonds. The topological polar surface area (TPSA) is 76.7 Å². The molecule has 2 heterocycles. The molecule has 2 rings (SSSR count). The van der Waals surface area contributed by atoms with Gasteiger partial charge in [0, 0.05) is 6.61 Å². The maximum Gasteiger partial charge on any atom is 0.308 e. The van der Waals surface area contributed by atoms with Gasteiger partial charge in [0.05, 0.1) is 18.5 Å². The van der Waals surface area contributed by atoms with Crippen LogP contribution in [-0.2, 0) is 19.1 Å². The number of cyclic esters (lactones) is 1. The molecular formula is C12H20N2O4. The number of esters is 1. The Hall–Kier alpha value is -1.14. The highest BCUT2D eigenvalue weighted by atomic mass is 16.6. The van der Waals surface area contributed by atoms with Crippen LogP contribution in [0.5, 0.6) is 0 Å². The number of rotatable bonds is 4. The molecule has 2 fully saturated rings. The maximum atomic E-state index is 12.0. The molecule has 0 aromatic carbocycles. The molecule has 0 saturated carbocycles. The molecule has 0 aliphatic carbocycles. The van der Waals surface area contributed by atoms with Crippen LogP contribution in [0.25, 0.3) is 0 Å². The Labute approximate surface area is 106 Å². The van der Waals surface area contributed by atoms with E-state index in [1.807, 2.05) is 6.92 Å². The number of hydrogen-bond donors (Lipinski definition) is 2. The average Bonchev–Trinajstić information content (AvgIpc) is 2.86. The van der Waals surface area contributed by atoms with E-state index in [9.17, 15) is 9.59 Å². The van der Waals surface area contributed by atoms with Crippen molar-refractivity contribution in [2.75, 3.05) is 19.8 Å². The van der Waals surface area contributed by atoms with Crippen LogP contribution in [-0.4, -0.2) is 49.8 Å². The lowest BCUT2D eigenvalue weighted by Gasteiger charge is -2.31. The fraction of sp³-hybridized carbons (Fsp3) is 0.833. The molecule has 2 N–H and O–H groups in total. The molecule has 2 saturated heterocycles. The summed E-state index contributed by atoms with van der Waals surface area (Å²) < 4.78 is 10.4. The molecule has 3 atom stereocenters. The Kier molecular flexibility index (Phi) is 4.54. The molecule has 0 aromatic rings. The smallest absolute Gasteiger partial charge is 0.308 e. The molecule has 2 aliphatic rings. The van der Waals surface area contributed by atoms with Gasteiger partial charge in [-0.1, -0.05) is 0 Å². The van der Waals surface area contributed by atoms with Crippen molar-refractivity contribution in [1.82, 2.24) is 10.6 Å². The molecule has 102 valence electrons. The lowest BCUT2D eigenvalue weighted by atomic mass is 10.0. The fourth-order valence-corrected chi connectivity index (χ4v) is 2.38. The number of amides is 1. The lowest BCUT2D eigenvalue weighted by Crippen LogP contribution is -2.54. The third-order valence-corrected chi connectivity index (χ3v) is 3.33. The summed E-state index contributed by atoms with van der Waals surface area (Å²) in [6.45, 7) is 3.51. The van der Waals surface area contributed by atoms with Crippen LogP contribution in [0.15, 0.2) is 0 Å². The van der Waals surface area contributed by atoms with E-state index in [0.29, 0.717) is 6.61 Å². The van der Waals surface area contributed by atoms with Crippen LogP contribution < -0.4 is 10.6 Å². The predicted molar refractivity (Wildman–Crippen MR) is 63.9 cm³/mol. The highest BCUT2D eigenvalue weighted by molar-refractivity contribution is 5.83. The predicted octanol–water partition coefficient (Wildman–Crippen LogP) is -0.425. The van der Waals surface area contributed by atoms with Crippen LogP contribution in [0.3, 0.4) is 0 Å². The second-order valence-corrected chi connectivity index (χ2v) is 4.64. The van der Waals surface area contributed by atoms with E-state index >= 15 is 0 Å². The minimum absolute atomic E-state index is 0.0445. The van der Waals surface area contributed by atoms with Crippen molar-refractivity contribution >= 4 is 11.9 Å². The van der Waals surface area contributed by atoms with Crippen LogP contribution in [0, 0.1) is 0 Å². The Balaban J connectivity index is 1.90. The van der Waals surface area contributed by atoms with Crippen LogP contribution >= 0.6 is 0 Å². The van der Waals surface area contributed by atoms with E-state index in [-0.39, 0.29) is 43.1 Å². The summed E-state index contributed by atoms with van der Waals surface area (Å²) in [5, 5.41) is 6.03. The van der Waals surface area contributed by atoms with Crippen molar-refractivity contribution in [1.29, 1.82) is 0 Å². The summed E-state index contributed by atoms with van der Waals surface area (Å²) in [7, 11) is 0. The molecule has 0 bridgehead atoms. The van der Waals surface area contributed by atoms with E-state index < -0.39 is 0 Å². The zero-order valence-electron chi connectivity index (χ0n) is 10.6. The summed E-state index contributed by atoms with van der Waals surface area (Å²) in [6.07, 6.45) is 1.81. The first-order chi connectivity index (χ1) is 8.70. The van der Waals surface area contributed by atoms with Crippen molar-refractivity contribution < 1.29 is 19.1 Å². The maximum absolute atomic E-state index is 12.0. The van der Waals surface area contributed by atoms with E-state index in [1.54, 1.807) is 0 Å². The zero-order chi connectivity index (χ0) is 13.0. The van der Waals surface area contributed by atoms with Crippen molar-refractivity contribution in [3.63, 3.8) is 0 Å². The van der Waals surface area contributed by atoms with Crippen LogP contribution in [0.1, 0.15) is 26.2 Å². The molecule has 0 radical (unpaired) electrons. The minimum Gasteiger partial charge on any atom is -0.463 e. The van der Waals surface area contributed by atoms with E-state index in [0.717, 1.165) is 19.4 Å². The summed E-state index contributed by atoms with van der Waals surface area (Å²) >= 11 is 0. The van der Waals surface area contributed by atoms with E-state index in [2.05, 4.69) is 10.6 Å². The van der Waals surface area contributed by atoms with Gasteiger partial charge in [0.15, 0.2) is 0 Å². The molecule has 2 aliphatic heterocycles. The first-order valence-electron chi connectivity index (χ1n) is 6.51. The number of hydrogen-bond acceptors (Lipinski definition) is 5. The Morgan fingerprint density at radius 3 is 3.11 bits per heavy atom. The Morgan fingerprint density at radius 1 is 1.61 bits per heavy atom. The third-order valence-electron chi connectivity index (χ3n) is 3.33. The normalized spacial score (nSPS) is 32.1. The Bertz CT molecular complexity index is 315. The van der Waals surface area contributed by atoms with Crippen molar-refractivity contribution in [2.24, 2.45) is 0 Å². The van der Waals surface area contributed by atoms with E-state index in [1.165, 1.54) is 0 Å². The molecule has 6 nitrogen and oxygen atoms in total. The third kappa shape index (κ3) is 3.20. The number of carbonyl (C=O) groups excluding carboxylic acids is 2. The first-order valence-corrected chi connectivity index (χ1v) is 6.51. The van der Waals surface area contributed by atoms with Gasteiger partial charge in [-0.3, -0.25) is 9.59 Å². The van der Waals surface area contributed by atoms with Crippen LogP contribution in [0.4, 0.5) is 0 Å². The van der Waals surface area contributed by atoms with Gasteiger partial charge in [-0.15, -0.1) is 0 Å². The fourth-order valence-electron chi connectivity index (χ4n) is 2.38. The van der Waals surface area contributed by atoms with Gasteiger partial charge in [-0.2, -0.15) is 0 Å². The second kappa shape index (κ2) is 6.15. The first kappa shape index (κ1) is 13.3. The SMILES string of the molecule is CCOC1COC(=O)CC1NC(=O)C1CCCN1. The quantitative estimate of drug-likeness (QED) is 0.668. The van der Waals surface area contributed by atoms with Gasteiger partial charge in [0.2, 0.25) is 5.91 Å². The van der Waals surface area contributed by atoms with Crippen molar-refractivity contribution in [3.8, 4) is 0 Å². The van der Waals surface area contributed by atoms with Gasteiger partial charge in [0.1, 0.15) is 12.7 Å². The van der Waals surface area contributed by atoms with Gasteiger partial charge in [0.25, 0.3) is 0 Å². The van der Waals surface area contributed by atoms with Gasteiger partial charge < -0.3 is 20.1 Å². The molecule has 0 aromatic heterocycles. The largest absolute Gasteiger partial charge is 0.463 e. The van der Waals surface area contributed by atoms with Crippen molar-refractivity contribution in [3.05, 3.63) is 0 Å². The minimum atomic E-state index is -0.282. The zero-order valence-corrected chi connectivity index (χ0v) is 10.6. The molecule has 0 spiro atoms. The van der Waals surface area contributed by atoms with Gasteiger partial charge in [-0.25, -0.2) is 0 Å². The monoisotopic (exact) mass is 256 g/mol. The van der Waals surface area contributed by atoms with E-state index in [4.69, 9.17) is 9.47 Å². The summed E-state index contributed by atoms with van der Waals surface area (Å²) in [5.41, 5.74) is 0. The van der Waals surface area contributed by atoms with Crippen molar-refractivity contribution in [2.45, 2.75) is 44.4 Å². The number of carbonyl (C=O) groups is 2. The highest BCUT2D eigenvalue weighted by Gasteiger charge is 2.34. The molecule has 6 heteroatoms. The molecule has 3 unspecified atom stereocenters. The standard InChI is InChI=1S/C12H20N2O4/c1-2-17-10-7-18-11(15)6-9(10)14-12(16)8-4-3-5-13-8/h8-10,13H,2-7H2,1H3,(H,14,16). The summed E-state index contributed by atoms with van der Waals surface area (Å²) in [5.74, 6) is -0.326. The highest BCUT2D eigenvalue weighted by Crippen LogP contribution is 2.14. The van der Waals surface area contributed by atoms with Gasteiger partial charge in [-0.05, 0) is 26.3 Å². The molecule has 18 heavy (non-hydrogen) atoms. The van der Waals surface area contributed by atoms with Crippen LogP contribution in [0.2, 0.25) is 0 Å². The Morgan fingerprint density at radius 2 is 2.44 bits per heavy atom. The van der Waals surface area contributed by atoms with Gasteiger partial charge >= 0.3 is 5.97 Å².